The van der Waals surface area contributed by atoms with Crippen LogP contribution in [0.5, 0.6) is 0 Å². The Kier molecular flexibility index (Phi) is 7.07. The van der Waals surface area contributed by atoms with Gasteiger partial charge in [-0.15, -0.1) is 11.8 Å². The van der Waals surface area contributed by atoms with E-state index in [1.54, 1.807) is 17.8 Å². The molecule has 2 amide bonds. The number of carbonyl (C=O) groups excluding carboxylic acids is 3. The molecule has 154 valence electrons. The summed E-state index contributed by atoms with van der Waals surface area (Å²) in [6, 6.07) is 0. The Morgan fingerprint density at radius 3 is 2.93 bits per heavy atom. The minimum absolute atomic E-state index is 0.0696. The van der Waals surface area contributed by atoms with Crippen LogP contribution >= 0.6 is 45.9 Å². The van der Waals surface area contributed by atoms with Gasteiger partial charge in [0.1, 0.15) is 12.8 Å². The summed E-state index contributed by atoms with van der Waals surface area (Å²) in [6.45, 7) is 0. The molecular weight excluding hydrogens is 535 g/mol. The summed E-state index contributed by atoms with van der Waals surface area (Å²) >= 11 is 4.61. The van der Waals surface area contributed by atoms with Gasteiger partial charge in [0, 0.05) is 21.7 Å². The number of halogens is 1. The molecule has 3 rings (SSSR count). The Labute approximate surface area is 187 Å². The molecule has 29 heavy (non-hydrogen) atoms. The van der Waals surface area contributed by atoms with E-state index in [4.69, 9.17) is 10.6 Å². The topological polar surface area (TPSA) is 149 Å². The number of alkyl halides is 1. The summed E-state index contributed by atoms with van der Waals surface area (Å²) in [6.07, 6.45) is 4.01. The van der Waals surface area contributed by atoms with Gasteiger partial charge in [0.25, 0.3) is 0 Å². The van der Waals surface area contributed by atoms with Gasteiger partial charge in [0.15, 0.2) is 5.13 Å². The van der Waals surface area contributed by atoms with Crippen molar-refractivity contribution in [2.75, 3.05) is 23.0 Å². The van der Waals surface area contributed by atoms with Crippen molar-refractivity contribution in [1.82, 2.24) is 19.7 Å². The molecule has 14 heteroatoms. The van der Waals surface area contributed by atoms with Crippen molar-refractivity contribution in [1.29, 1.82) is 0 Å². The number of anilines is 1. The number of thioether (sulfide) groups is 1. The number of carbonyl (C=O) groups is 3. The van der Waals surface area contributed by atoms with Crippen LogP contribution in [0, 0.1) is 0 Å². The fourth-order valence-corrected chi connectivity index (χ4v) is 4.46. The summed E-state index contributed by atoms with van der Waals surface area (Å²) in [7, 11) is 1.24. The fraction of sp³-hybridized carbons (Fsp3) is 0.333. The van der Waals surface area contributed by atoms with E-state index >= 15 is 0 Å². The number of hydroxylamine groups is 1. The summed E-state index contributed by atoms with van der Waals surface area (Å²) in [5, 5.41) is 3.58. The molecule has 0 unspecified atom stereocenters. The highest BCUT2D eigenvalue weighted by atomic mass is 127. The molecule has 2 aliphatic heterocycles. The summed E-state index contributed by atoms with van der Waals surface area (Å²) in [5.74, 6) is -1.45. The molecule has 1 fully saturated rings. The molecular formula is C15H15IN6O5S2. The lowest BCUT2D eigenvalue weighted by atomic mass is 10.1. The second kappa shape index (κ2) is 9.53. The smallest absolute Gasteiger partial charge is 0.379 e. The molecule has 0 saturated carbocycles. The highest BCUT2D eigenvalue weighted by Gasteiger charge is 2.45. The average Bonchev–Trinajstić information content (AvgIpc) is 3.13. The zero-order chi connectivity index (χ0) is 21.0. The van der Waals surface area contributed by atoms with Crippen LogP contribution in [0.15, 0.2) is 28.6 Å². The van der Waals surface area contributed by atoms with E-state index in [1.807, 2.05) is 11.6 Å². The third-order valence-electron chi connectivity index (χ3n) is 3.77. The van der Waals surface area contributed by atoms with Gasteiger partial charge in [-0.3, -0.25) is 14.5 Å². The zero-order valence-electron chi connectivity index (χ0n) is 15.0. The minimum atomic E-state index is -0.903. The highest BCUT2D eigenvalue weighted by molar-refractivity contribution is 14.1. The van der Waals surface area contributed by atoms with E-state index < -0.39 is 11.9 Å². The molecule has 3 N–H and O–H groups in total. The van der Waals surface area contributed by atoms with Crippen molar-refractivity contribution < 1.29 is 24.1 Å². The maximum atomic E-state index is 12.7. The molecule has 1 saturated heterocycles. The number of allylic oxidation sites excluding steroid dienone is 2. The van der Waals surface area contributed by atoms with Crippen LogP contribution in [-0.4, -0.2) is 60.4 Å². The van der Waals surface area contributed by atoms with Gasteiger partial charge in [-0.05, 0) is 5.57 Å². The van der Waals surface area contributed by atoms with E-state index in [0.29, 0.717) is 17.7 Å². The van der Waals surface area contributed by atoms with Gasteiger partial charge in [0.05, 0.1) is 11.8 Å². The third kappa shape index (κ3) is 4.69. The van der Waals surface area contributed by atoms with Crippen molar-refractivity contribution in [3.05, 3.63) is 29.2 Å². The van der Waals surface area contributed by atoms with E-state index in [9.17, 15) is 14.4 Å². The maximum Gasteiger partial charge on any atom is 0.379 e. The third-order valence-corrected chi connectivity index (χ3v) is 6.06. The van der Waals surface area contributed by atoms with Gasteiger partial charge < -0.3 is 15.4 Å². The lowest BCUT2D eigenvalue weighted by molar-refractivity contribution is -0.157. The van der Waals surface area contributed by atoms with Crippen molar-refractivity contribution in [2.45, 2.75) is 11.8 Å². The first-order valence-corrected chi connectivity index (χ1v) is 11.4. The van der Waals surface area contributed by atoms with E-state index in [-0.39, 0.29) is 33.6 Å². The maximum absolute atomic E-state index is 12.7. The van der Waals surface area contributed by atoms with Crippen LogP contribution in [0.4, 0.5) is 5.13 Å². The molecule has 0 aromatic carbocycles. The number of aromatic nitrogens is 2. The number of oxime groups is 1. The number of fused-ring (bicyclic) bond motifs is 1. The van der Waals surface area contributed by atoms with Gasteiger partial charge in [-0.2, -0.15) is 14.8 Å². The number of hydrogen-bond acceptors (Lipinski definition) is 11. The molecule has 0 bridgehead atoms. The first-order valence-electron chi connectivity index (χ1n) is 8.07. The Morgan fingerprint density at radius 1 is 1.52 bits per heavy atom. The first kappa shape index (κ1) is 21.5. The summed E-state index contributed by atoms with van der Waals surface area (Å²) in [4.78, 5) is 51.9. The molecule has 0 radical (unpaired) electrons. The van der Waals surface area contributed by atoms with E-state index in [2.05, 4.69) is 41.9 Å². The second-order valence-corrected chi connectivity index (χ2v) is 8.39. The SMILES string of the molecule is CO/N=C(\C(=O)NOC(=O)C1=C(/C=C/CI)CS[C@H]2CC(=O)N12)c1nsc(N)n1. The minimum Gasteiger partial charge on any atom is -0.398 e. The molecule has 2 aliphatic rings. The quantitative estimate of drug-likeness (QED) is 0.171. The van der Waals surface area contributed by atoms with Gasteiger partial charge in [-0.1, -0.05) is 39.9 Å². The standard InChI is InChI=1S/C15H15IN6O5S2/c1-26-19-10(12-18-15(17)29-21-12)13(24)20-27-14(25)11-7(3-2-4-16)6-28-9-5-8(23)22(9)11/h2-3,9H,4-6H2,1H3,(H,20,24)(H2,17,18,21)/b3-2+,19-10-/t9-/m0/s1. The van der Waals surface area contributed by atoms with E-state index in [0.717, 1.165) is 16.0 Å². The predicted molar refractivity (Wildman–Crippen MR) is 115 cm³/mol. The monoisotopic (exact) mass is 550 g/mol. The largest absolute Gasteiger partial charge is 0.398 e. The van der Waals surface area contributed by atoms with Crippen LogP contribution in [-0.2, 0) is 24.1 Å². The number of nitrogens with two attached hydrogens (primary N) is 1. The van der Waals surface area contributed by atoms with Crippen LogP contribution in [0.25, 0.3) is 0 Å². The summed E-state index contributed by atoms with van der Waals surface area (Å²) < 4.78 is 4.62. The number of β-lactam (4-membered cyclic amide) rings is 1. The Balaban J connectivity index is 1.76. The first-order chi connectivity index (χ1) is 14.0. The normalized spacial score (nSPS) is 19.1. The van der Waals surface area contributed by atoms with Crippen molar-refractivity contribution in [2.24, 2.45) is 5.16 Å². The molecule has 1 aromatic heterocycles. The Morgan fingerprint density at radius 2 is 2.31 bits per heavy atom. The Hall–Kier alpha value is -2.20. The number of nitrogens with zero attached hydrogens (tertiary/aromatic N) is 4. The second-order valence-electron chi connectivity index (χ2n) is 5.56. The molecule has 0 spiro atoms. The van der Waals surface area contributed by atoms with Crippen LogP contribution in [0.2, 0.25) is 0 Å². The molecule has 1 atom stereocenters. The lowest BCUT2D eigenvalue weighted by Crippen LogP contribution is -2.54. The fourth-order valence-electron chi connectivity index (χ4n) is 2.54. The highest BCUT2D eigenvalue weighted by Crippen LogP contribution is 2.40. The average molecular weight is 550 g/mol. The Bertz CT molecular complexity index is 930. The molecule has 3 heterocycles. The predicted octanol–water partition coefficient (Wildman–Crippen LogP) is 0.596. The van der Waals surface area contributed by atoms with Crippen LogP contribution in [0.3, 0.4) is 0 Å². The van der Waals surface area contributed by atoms with Crippen LogP contribution < -0.4 is 11.2 Å². The van der Waals surface area contributed by atoms with Gasteiger partial charge in [0.2, 0.25) is 17.4 Å². The molecule has 1 aromatic rings. The zero-order valence-corrected chi connectivity index (χ0v) is 18.7. The van der Waals surface area contributed by atoms with Crippen molar-refractivity contribution in [3.63, 3.8) is 0 Å². The van der Waals surface area contributed by atoms with Gasteiger partial charge in [-0.25, -0.2) is 4.79 Å². The summed E-state index contributed by atoms with van der Waals surface area (Å²) in [5.41, 5.74) is 7.97. The molecule has 0 aliphatic carbocycles. The molecule has 11 nitrogen and oxygen atoms in total. The van der Waals surface area contributed by atoms with Crippen molar-refractivity contribution in [3.8, 4) is 0 Å². The lowest BCUT2D eigenvalue weighted by Gasteiger charge is -2.43. The van der Waals surface area contributed by atoms with Crippen molar-refractivity contribution >= 4 is 74.5 Å². The number of nitrogen functional groups attached to an aromatic ring is 1. The van der Waals surface area contributed by atoms with Crippen LogP contribution in [0.1, 0.15) is 12.2 Å². The number of rotatable bonds is 6. The van der Waals surface area contributed by atoms with Gasteiger partial charge >= 0.3 is 11.9 Å². The van der Waals surface area contributed by atoms with E-state index in [1.165, 1.54) is 12.0 Å². The number of nitrogens with one attached hydrogen (secondary N) is 1. The number of amides is 2. The number of hydrogen-bond donors (Lipinski definition) is 2.